The zero-order chi connectivity index (χ0) is 20.5. The summed E-state index contributed by atoms with van der Waals surface area (Å²) in [4.78, 5) is 11.2. The quantitative estimate of drug-likeness (QED) is 0.481. The van der Waals surface area contributed by atoms with E-state index in [1.54, 1.807) is 49.0 Å². The number of hydrogen-bond acceptors (Lipinski definition) is 7. The molecule has 11 heteroatoms. The predicted molar refractivity (Wildman–Crippen MR) is 105 cm³/mol. The molecule has 1 N–H and O–H groups in total. The third-order valence-corrected chi connectivity index (χ3v) is 6.66. The van der Waals surface area contributed by atoms with Gasteiger partial charge in [-0.05, 0) is 61.0 Å². The van der Waals surface area contributed by atoms with E-state index in [2.05, 4.69) is 14.9 Å². The molecule has 0 aliphatic rings. The highest BCUT2D eigenvalue weighted by molar-refractivity contribution is 7.99. The van der Waals surface area contributed by atoms with Crippen LogP contribution in [-0.2, 0) is 17.1 Å². The summed E-state index contributed by atoms with van der Waals surface area (Å²) in [6.45, 7) is 3.26. The Morgan fingerprint density at radius 2 is 1.86 bits per heavy atom. The van der Waals surface area contributed by atoms with Crippen LogP contribution in [-0.4, -0.2) is 28.1 Å². The monoisotopic (exact) mass is 419 g/mol. The van der Waals surface area contributed by atoms with E-state index in [1.165, 1.54) is 17.8 Å². The third kappa shape index (κ3) is 4.15. The number of nitro groups is 1. The minimum Gasteiger partial charge on any atom is -0.311 e. The van der Waals surface area contributed by atoms with Crippen molar-refractivity contribution in [2.45, 2.75) is 28.8 Å². The molecular weight excluding hydrogens is 402 g/mol. The maximum absolute atomic E-state index is 12.8. The Morgan fingerprint density at radius 1 is 1.18 bits per heavy atom. The van der Waals surface area contributed by atoms with Crippen LogP contribution in [0.1, 0.15) is 11.1 Å². The predicted octanol–water partition coefficient (Wildman–Crippen LogP) is 3.29. The van der Waals surface area contributed by atoms with Gasteiger partial charge in [0.1, 0.15) is 6.33 Å². The fourth-order valence-electron chi connectivity index (χ4n) is 2.46. The second kappa shape index (κ2) is 7.60. The molecule has 2 aromatic carbocycles. The summed E-state index contributed by atoms with van der Waals surface area (Å²) in [5, 5.41) is 19.6. The lowest BCUT2D eigenvalue weighted by Crippen LogP contribution is -2.15. The van der Waals surface area contributed by atoms with E-state index in [-0.39, 0.29) is 10.6 Å². The summed E-state index contributed by atoms with van der Waals surface area (Å²) in [6, 6.07) is 9.17. The van der Waals surface area contributed by atoms with Crippen molar-refractivity contribution >= 4 is 33.2 Å². The molecule has 3 aromatic rings. The Balaban J connectivity index is 1.85. The average molecular weight is 419 g/mol. The first-order chi connectivity index (χ1) is 13.2. The van der Waals surface area contributed by atoms with Gasteiger partial charge in [-0.15, -0.1) is 10.2 Å². The van der Waals surface area contributed by atoms with Gasteiger partial charge in [0.2, 0.25) is 0 Å². The van der Waals surface area contributed by atoms with Crippen LogP contribution < -0.4 is 4.72 Å². The largest absolute Gasteiger partial charge is 0.311 e. The number of anilines is 1. The highest BCUT2D eigenvalue weighted by Crippen LogP contribution is 2.29. The number of sulfonamides is 1. The first-order valence-corrected chi connectivity index (χ1v) is 10.4. The van der Waals surface area contributed by atoms with E-state index in [4.69, 9.17) is 0 Å². The number of aromatic nitrogens is 3. The smallest absolute Gasteiger partial charge is 0.271 e. The van der Waals surface area contributed by atoms with E-state index in [0.717, 1.165) is 11.0 Å². The van der Waals surface area contributed by atoms with Crippen molar-refractivity contribution in [3.63, 3.8) is 0 Å². The average Bonchev–Trinajstić information content (AvgIpc) is 3.03. The van der Waals surface area contributed by atoms with Crippen molar-refractivity contribution in [3.05, 3.63) is 64.0 Å². The summed E-state index contributed by atoms with van der Waals surface area (Å²) in [7, 11) is -2.15. The standard InChI is InChI=1S/C17H17N5O4S2/c1-11-8-14(22(23)24)9-16(12(11)2)28(25,26)20-13-4-6-15(7-5-13)27-17-19-18-10-21(17)3/h4-10,20H,1-3H3. The molecule has 0 atom stereocenters. The maximum Gasteiger partial charge on any atom is 0.271 e. The number of hydrogen-bond donors (Lipinski definition) is 1. The van der Waals surface area contributed by atoms with Crippen molar-refractivity contribution in [1.82, 2.24) is 14.8 Å². The summed E-state index contributed by atoms with van der Waals surface area (Å²) >= 11 is 1.39. The molecule has 146 valence electrons. The van der Waals surface area contributed by atoms with Crippen LogP contribution >= 0.6 is 11.8 Å². The molecule has 1 aromatic heterocycles. The molecule has 0 radical (unpaired) electrons. The minimum atomic E-state index is -3.98. The van der Waals surface area contributed by atoms with Crippen molar-refractivity contribution in [2.24, 2.45) is 7.05 Å². The van der Waals surface area contributed by atoms with Crippen LogP contribution in [0.2, 0.25) is 0 Å². The number of non-ortho nitro benzene ring substituents is 1. The zero-order valence-electron chi connectivity index (χ0n) is 15.3. The third-order valence-electron chi connectivity index (χ3n) is 4.09. The molecule has 0 amide bonds. The summed E-state index contributed by atoms with van der Waals surface area (Å²) in [5.41, 5.74) is 1.09. The van der Waals surface area contributed by atoms with Crippen LogP contribution in [0.4, 0.5) is 11.4 Å². The van der Waals surface area contributed by atoms with Crippen LogP contribution in [0.25, 0.3) is 0 Å². The topological polar surface area (TPSA) is 120 Å². The fraction of sp³-hybridized carbons (Fsp3) is 0.176. The number of nitro benzene ring substituents is 1. The van der Waals surface area contributed by atoms with Gasteiger partial charge in [-0.1, -0.05) is 0 Å². The van der Waals surface area contributed by atoms with Crippen molar-refractivity contribution in [3.8, 4) is 0 Å². The Morgan fingerprint density at radius 3 is 2.43 bits per heavy atom. The molecule has 3 rings (SSSR count). The van der Waals surface area contributed by atoms with Crippen LogP contribution in [0.3, 0.4) is 0 Å². The first-order valence-electron chi connectivity index (χ1n) is 8.08. The number of rotatable bonds is 6. The second-order valence-corrected chi connectivity index (χ2v) is 8.79. The highest BCUT2D eigenvalue weighted by Gasteiger charge is 2.22. The van der Waals surface area contributed by atoms with Gasteiger partial charge in [0.05, 0.1) is 9.82 Å². The van der Waals surface area contributed by atoms with Gasteiger partial charge in [0.25, 0.3) is 15.7 Å². The molecule has 0 spiro atoms. The van der Waals surface area contributed by atoms with E-state index >= 15 is 0 Å². The Kier molecular flexibility index (Phi) is 5.38. The maximum atomic E-state index is 12.8. The van der Waals surface area contributed by atoms with Crippen molar-refractivity contribution < 1.29 is 13.3 Å². The number of nitrogens with zero attached hydrogens (tertiary/aromatic N) is 4. The molecule has 0 aliphatic carbocycles. The molecule has 0 saturated heterocycles. The van der Waals surface area contributed by atoms with E-state index in [9.17, 15) is 18.5 Å². The summed E-state index contributed by atoms with van der Waals surface area (Å²) in [5.74, 6) is 0. The lowest BCUT2D eigenvalue weighted by atomic mass is 10.1. The molecule has 1 heterocycles. The Hall–Kier alpha value is -2.92. The molecule has 0 saturated carbocycles. The molecule has 0 aliphatic heterocycles. The normalized spacial score (nSPS) is 11.4. The molecular formula is C17H17N5O4S2. The van der Waals surface area contributed by atoms with Gasteiger partial charge in [0, 0.05) is 29.8 Å². The Labute approximate surface area is 166 Å². The van der Waals surface area contributed by atoms with E-state index in [1.807, 2.05) is 7.05 Å². The van der Waals surface area contributed by atoms with Gasteiger partial charge >= 0.3 is 0 Å². The first kappa shape index (κ1) is 19.8. The molecule has 0 fully saturated rings. The number of nitrogens with one attached hydrogen (secondary N) is 1. The molecule has 0 bridgehead atoms. The van der Waals surface area contributed by atoms with Crippen molar-refractivity contribution in [2.75, 3.05) is 4.72 Å². The molecule has 28 heavy (non-hydrogen) atoms. The number of benzene rings is 2. The second-order valence-electron chi connectivity index (χ2n) is 6.10. The highest BCUT2D eigenvalue weighted by atomic mass is 32.2. The summed E-state index contributed by atoms with van der Waals surface area (Å²) in [6.07, 6.45) is 1.59. The van der Waals surface area contributed by atoms with Gasteiger partial charge in [0.15, 0.2) is 5.16 Å². The lowest BCUT2D eigenvalue weighted by Gasteiger charge is -2.12. The summed E-state index contributed by atoms with van der Waals surface area (Å²) < 4.78 is 29.8. The number of aryl methyl sites for hydroxylation is 2. The molecule has 0 unspecified atom stereocenters. The van der Waals surface area contributed by atoms with Crippen LogP contribution in [0, 0.1) is 24.0 Å². The van der Waals surface area contributed by atoms with Gasteiger partial charge < -0.3 is 4.57 Å². The zero-order valence-corrected chi connectivity index (χ0v) is 16.9. The lowest BCUT2D eigenvalue weighted by molar-refractivity contribution is -0.385. The van der Waals surface area contributed by atoms with Gasteiger partial charge in [-0.25, -0.2) is 8.42 Å². The van der Waals surface area contributed by atoms with Gasteiger partial charge in [-0.3, -0.25) is 14.8 Å². The Bertz CT molecular complexity index is 1140. The van der Waals surface area contributed by atoms with Gasteiger partial charge in [-0.2, -0.15) is 0 Å². The van der Waals surface area contributed by atoms with Crippen LogP contribution in [0.15, 0.2) is 57.7 Å². The van der Waals surface area contributed by atoms with E-state index in [0.29, 0.717) is 22.0 Å². The fourth-order valence-corrected chi connectivity index (χ4v) is 4.62. The minimum absolute atomic E-state index is 0.114. The van der Waals surface area contributed by atoms with Crippen molar-refractivity contribution in [1.29, 1.82) is 0 Å². The van der Waals surface area contributed by atoms with Crippen LogP contribution in [0.5, 0.6) is 0 Å². The SMILES string of the molecule is Cc1cc([N+](=O)[O-])cc(S(=O)(=O)Nc2ccc(Sc3nncn3C)cc2)c1C. The van der Waals surface area contributed by atoms with E-state index < -0.39 is 14.9 Å². The molecule has 9 nitrogen and oxygen atoms in total.